The van der Waals surface area contributed by atoms with Crippen LogP contribution < -0.4 is 4.74 Å². The first-order valence-electron chi connectivity index (χ1n) is 6.66. The molecule has 0 aliphatic carbocycles. The van der Waals surface area contributed by atoms with Crippen LogP contribution in [0, 0.1) is 6.92 Å². The van der Waals surface area contributed by atoms with Crippen LogP contribution in [0.5, 0.6) is 11.5 Å². The summed E-state index contributed by atoms with van der Waals surface area (Å²) >= 11 is 0. The van der Waals surface area contributed by atoms with Crippen molar-refractivity contribution >= 4 is 6.29 Å². The van der Waals surface area contributed by atoms with Gasteiger partial charge in [0.2, 0.25) is 0 Å². The van der Waals surface area contributed by atoms with E-state index >= 15 is 0 Å². The molecule has 3 heteroatoms. The summed E-state index contributed by atoms with van der Waals surface area (Å²) in [6.45, 7) is 6.38. The fraction of sp³-hybridized carbons (Fsp3) is 0.235. The summed E-state index contributed by atoms with van der Waals surface area (Å²) in [6, 6.07) is 12.8. The first kappa shape index (κ1) is 15.8. The molecule has 2 aromatic rings. The fourth-order valence-corrected chi connectivity index (χ4v) is 1.60. The first-order valence-corrected chi connectivity index (χ1v) is 6.66. The third-order valence-electron chi connectivity index (χ3n) is 2.67. The molecule has 0 atom stereocenters. The molecule has 0 saturated carbocycles. The number of carbonyl (C=O) groups is 1. The third kappa shape index (κ3) is 4.12. The van der Waals surface area contributed by atoms with Gasteiger partial charge in [0, 0.05) is 0 Å². The maximum absolute atomic E-state index is 10.7. The Morgan fingerprint density at radius 3 is 2.35 bits per heavy atom. The van der Waals surface area contributed by atoms with Crippen LogP contribution in [0.1, 0.15) is 35.3 Å². The normalized spacial score (nSPS) is 9.35. The van der Waals surface area contributed by atoms with E-state index in [0.717, 1.165) is 5.56 Å². The van der Waals surface area contributed by atoms with Crippen molar-refractivity contribution in [1.29, 1.82) is 0 Å². The number of benzene rings is 2. The van der Waals surface area contributed by atoms with Crippen LogP contribution in [-0.2, 0) is 6.61 Å². The molecule has 0 amide bonds. The number of hydrogen-bond donors (Lipinski definition) is 1. The molecule has 20 heavy (non-hydrogen) atoms. The summed E-state index contributed by atoms with van der Waals surface area (Å²) in [6.07, 6.45) is 0.605. The highest BCUT2D eigenvalue weighted by Crippen LogP contribution is 2.29. The van der Waals surface area contributed by atoms with Crippen molar-refractivity contribution in [3.63, 3.8) is 0 Å². The molecule has 0 aliphatic heterocycles. The standard InChI is InChI=1S/C15H14O3.C2H6/c1-11-5-7-12(8-6-11)10-18-14-4-2-3-13(9-16)15(14)17;1-2/h2-9,17H,10H2,1H3;1-2H3. The van der Waals surface area contributed by atoms with Crippen LogP contribution in [0.4, 0.5) is 0 Å². The second kappa shape index (κ2) is 8.00. The Morgan fingerprint density at radius 2 is 1.75 bits per heavy atom. The smallest absolute Gasteiger partial charge is 0.168 e. The van der Waals surface area contributed by atoms with Crippen LogP contribution in [0.3, 0.4) is 0 Å². The second-order valence-corrected chi connectivity index (χ2v) is 4.09. The van der Waals surface area contributed by atoms with Gasteiger partial charge in [0.05, 0.1) is 5.56 Å². The second-order valence-electron chi connectivity index (χ2n) is 4.09. The number of aromatic hydroxyl groups is 1. The minimum atomic E-state index is -0.111. The van der Waals surface area contributed by atoms with Crippen LogP contribution in [-0.4, -0.2) is 11.4 Å². The van der Waals surface area contributed by atoms with Gasteiger partial charge in [0.15, 0.2) is 17.8 Å². The molecule has 0 unspecified atom stereocenters. The van der Waals surface area contributed by atoms with Gasteiger partial charge in [-0.25, -0.2) is 0 Å². The highest BCUT2D eigenvalue weighted by Gasteiger charge is 2.07. The molecule has 1 N–H and O–H groups in total. The van der Waals surface area contributed by atoms with E-state index in [-0.39, 0.29) is 11.3 Å². The van der Waals surface area contributed by atoms with Crippen LogP contribution in [0.25, 0.3) is 0 Å². The largest absolute Gasteiger partial charge is 0.504 e. The molecular weight excluding hydrogens is 252 g/mol. The van der Waals surface area contributed by atoms with Gasteiger partial charge in [-0.15, -0.1) is 0 Å². The summed E-state index contributed by atoms with van der Waals surface area (Å²) in [5.41, 5.74) is 2.43. The molecule has 2 aromatic carbocycles. The molecule has 106 valence electrons. The lowest BCUT2D eigenvalue weighted by Gasteiger charge is -2.09. The Balaban J connectivity index is 0.000000956. The van der Waals surface area contributed by atoms with E-state index in [4.69, 9.17) is 4.74 Å². The molecule has 0 fully saturated rings. The topological polar surface area (TPSA) is 46.5 Å². The van der Waals surface area contributed by atoms with Gasteiger partial charge in [-0.2, -0.15) is 0 Å². The number of phenols is 1. The SMILES string of the molecule is CC.Cc1ccc(COc2cccc(C=O)c2O)cc1. The highest BCUT2D eigenvalue weighted by atomic mass is 16.5. The molecule has 0 heterocycles. The Kier molecular flexibility index (Phi) is 6.30. The van der Waals surface area contributed by atoms with Crippen molar-refractivity contribution < 1.29 is 14.6 Å². The number of rotatable bonds is 4. The van der Waals surface area contributed by atoms with Crippen LogP contribution >= 0.6 is 0 Å². The van der Waals surface area contributed by atoms with Crippen molar-refractivity contribution in [3.8, 4) is 11.5 Å². The predicted molar refractivity (Wildman–Crippen MR) is 80.4 cm³/mol. The molecule has 0 saturated heterocycles. The van der Waals surface area contributed by atoms with E-state index in [1.807, 2.05) is 45.0 Å². The third-order valence-corrected chi connectivity index (χ3v) is 2.67. The van der Waals surface area contributed by atoms with Crippen molar-refractivity contribution in [2.45, 2.75) is 27.4 Å². The van der Waals surface area contributed by atoms with Crippen molar-refractivity contribution in [2.24, 2.45) is 0 Å². The van der Waals surface area contributed by atoms with Crippen molar-refractivity contribution in [3.05, 3.63) is 59.2 Å². The molecule has 3 nitrogen and oxygen atoms in total. The average Bonchev–Trinajstić information content (AvgIpc) is 2.50. The minimum absolute atomic E-state index is 0.111. The molecule has 0 radical (unpaired) electrons. The maximum Gasteiger partial charge on any atom is 0.168 e. The lowest BCUT2D eigenvalue weighted by molar-refractivity contribution is 0.112. The number of phenolic OH excluding ortho intramolecular Hbond substituents is 1. The summed E-state index contributed by atoms with van der Waals surface area (Å²) in [4.78, 5) is 10.7. The number of aryl methyl sites for hydroxylation is 1. The zero-order valence-corrected chi connectivity index (χ0v) is 12.1. The lowest BCUT2D eigenvalue weighted by atomic mass is 10.1. The van der Waals surface area contributed by atoms with E-state index in [0.29, 0.717) is 18.6 Å². The number of carbonyl (C=O) groups excluding carboxylic acids is 1. The Bertz CT molecular complexity index is 545. The van der Waals surface area contributed by atoms with Gasteiger partial charge in [-0.3, -0.25) is 4.79 Å². The highest BCUT2D eigenvalue weighted by molar-refractivity contribution is 5.80. The fourth-order valence-electron chi connectivity index (χ4n) is 1.60. The van der Waals surface area contributed by atoms with Gasteiger partial charge in [-0.05, 0) is 24.6 Å². The zero-order chi connectivity index (χ0) is 15.0. The van der Waals surface area contributed by atoms with Gasteiger partial charge in [-0.1, -0.05) is 49.7 Å². The summed E-state index contributed by atoms with van der Waals surface area (Å²) in [5.74, 6) is 0.208. The monoisotopic (exact) mass is 272 g/mol. The van der Waals surface area contributed by atoms with Crippen LogP contribution in [0.15, 0.2) is 42.5 Å². The predicted octanol–water partition coefficient (Wildman–Crippen LogP) is 4.12. The Morgan fingerprint density at radius 1 is 1.10 bits per heavy atom. The van der Waals surface area contributed by atoms with Crippen molar-refractivity contribution in [2.75, 3.05) is 0 Å². The molecule has 0 spiro atoms. The van der Waals surface area contributed by atoms with E-state index in [2.05, 4.69) is 0 Å². The van der Waals surface area contributed by atoms with E-state index < -0.39 is 0 Å². The first-order chi connectivity index (χ1) is 9.70. The number of para-hydroxylation sites is 1. The number of ether oxygens (including phenoxy) is 1. The molecule has 0 aliphatic rings. The van der Waals surface area contributed by atoms with Crippen LogP contribution in [0.2, 0.25) is 0 Å². The minimum Gasteiger partial charge on any atom is -0.504 e. The number of hydrogen-bond acceptors (Lipinski definition) is 3. The van der Waals surface area contributed by atoms with E-state index in [9.17, 15) is 9.90 Å². The lowest BCUT2D eigenvalue weighted by Crippen LogP contribution is -1.96. The van der Waals surface area contributed by atoms with Gasteiger partial charge in [0.25, 0.3) is 0 Å². The molecule has 2 rings (SSSR count). The van der Waals surface area contributed by atoms with E-state index in [1.165, 1.54) is 5.56 Å². The Hall–Kier alpha value is -2.29. The maximum atomic E-state index is 10.7. The summed E-state index contributed by atoms with van der Waals surface area (Å²) < 4.78 is 5.50. The molecule has 0 aromatic heterocycles. The molecule has 0 bridgehead atoms. The van der Waals surface area contributed by atoms with Gasteiger partial charge >= 0.3 is 0 Å². The van der Waals surface area contributed by atoms with Gasteiger partial charge in [0.1, 0.15) is 6.61 Å². The van der Waals surface area contributed by atoms with Gasteiger partial charge < -0.3 is 9.84 Å². The quantitative estimate of drug-likeness (QED) is 0.852. The summed E-state index contributed by atoms with van der Waals surface area (Å²) in [5, 5.41) is 9.75. The number of aldehydes is 1. The van der Waals surface area contributed by atoms with E-state index in [1.54, 1.807) is 18.2 Å². The average molecular weight is 272 g/mol. The zero-order valence-electron chi connectivity index (χ0n) is 12.1. The Labute approximate surface area is 119 Å². The summed E-state index contributed by atoms with van der Waals surface area (Å²) in [7, 11) is 0. The molecular formula is C17H20O3. The van der Waals surface area contributed by atoms with Crippen molar-refractivity contribution in [1.82, 2.24) is 0 Å².